The molecule has 0 spiro atoms. The zero-order valence-electron chi connectivity index (χ0n) is 7.14. The van der Waals surface area contributed by atoms with E-state index in [1.807, 2.05) is 30.3 Å². The van der Waals surface area contributed by atoms with Crippen LogP contribution in [0.1, 0.15) is 0 Å². The lowest BCUT2D eigenvalue weighted by atomic mass is 10.3. The van der Waals surface area contributed by atoms with Crippen LogP contribution in [0.15, 0.2) is 47.2 Å². The molecule has 0 unspecified atom stereocenters. The maximum atomic E-state index is 5.52. The van der Waals surface area contributed by atoms with Crippen molar-refractivity contribution >= 4 is 11.5 Å². The molecule has 0 heterocycles. The first-order valence-electron chi connectivity index (χ1n) is 3.80. The molecule has 0 saturated carbocycles. The smallest absolute Gasteiger partial charge is 0.127 e. The molecule has 6 N–H and O–H groups in total. The Hall–Kier alpha value is -1.97. The standard InChI is InChI=1S/C9H12N4/c10-8(11)6-9(12)13-7-4-2-1-3-5-7/h1-6H,10-11H2,(H2,12,13). The summed E-state index contributed by atoms with van der Waals surface area (Å²) in [5.41, 5.74) is 16.7. The zero-order valence-corrected chi connectivity index (χ0v) is 7.14. The summed E-state index contributed by atoms with van der Waals surface area (Å²) in [6.07, 6.45) is 1.41. The Kier molecular flexibility index (Phi) is 2.92. The quantitative estimate of drug-likeness (QED) is 0.451. The van der Waals surface area contributed by atoms with Gasteiger partial charge in [0.15, 0.2) is 0 Å². The summed E-state index contributed by atoms with van der Waals surface area (Å²) in [5, 5.41) is 0. The SMILES string of the molecule is NC(N)=CC(N)=Nc1ccccc1. The molecule has 1 rings (SSSR count). The van der Waals surface area contributed by atoms with Crippen LogP contribution in [0.4, 0.5) is 5.69 Å². The molecular weight excluding hydrogens is 164 g/mol. The third-order valence-electron chi connectivity index (χ3n) is 1.33. The average Bonchev–Trinajstić information content (AvgIpc) is 2.04. The molecule has 0 aliphatic rings. The van der Waals surface area contributed by atoms with Gasteiger partial charge in [-0.25, -0.2) is 4.99 Å². The van der Waals surface area contributed by atoms with Gasteiger partial charge in [0, 0.05) is 6.08 Å². The zero-order chi connectivity index (χ0) is 9.68. The highest BCUT2D eigenvalue weighted by molar-refractivity contribution is 5.93. The fourth-order valence-corrected chi connectivity index (χ4v) is 0.855. The molecule has 0 saturated heterocycles. The van der Waals surface area contributed by atoms with E-state index in [9.17, 15) is 0 Å². The van der Waals surface area contributed by atoms with E-state index in [0.717, 1.165) is 5.69 Å². The molecule has 0 atom stereocenters. The molecular formula is C9H12N4. The minimum absolute atomic E-state index is 0.150. The lowest BCUT2D eigenvalue weighted by molar-refractivity contribution is 1.25. The molecule has 68 valence electrons. The second kappa shape index (κ2) is 4.15. The van der Waals surface area contributed by atoms with Crippen molar-refractivity contribution in [1.29, 1.82) is 0 Å². The molecule has 1 aromatic carbocycles. The fourth-order valence-electron chi connectivity index (χ4n) is 0.855. The molecule has 0 radical (unpaired) electrons. The van der Waals surface area contributed by atoms with Gasteiger partial charge in [0.1, 0.15) is 5.84 Å². The number of rotatable bonds is 2. The van der Waals surface area contributed by atoms with Gasteiger partial charge in [-0.05, 0) is 12.1 Å². The molecule has 1 aromatic rings. The van der Waals surface area contributed by atoms with Crippen LogP contribution < -0.4 is 17.2 Å². The Morgan fingerprint density at radius 3 is 2.23 bits per heavy atom. The van der Waals surface area contributed by atoms with E-state index in [1.165, 1.54) is 6.08 Å². The summed E-state index contributed by atoms with van der Waals surface area (Å²) >= 11 is 0. The second-order valence-corrected chi connectivity index (χ2v) is 2.52. The Labute approximate surface area is 76.8 Å². The van der Waals surface area contributed by atoms with Gasteiger partial charge in [-0.15, -0.1) is 0 Å². The highest BCUT2D eigenvalue weighted by Gasteiger charge is 1.89. The number of amidine groups is 1. The molecule has 4 heteroatoms. The van der Waals surface area contributed by atoms with Crippen molar-refractivity contribution in [3.05, 3.63) is 42.2 Å². The van der Waals surface area contributed by atoms with Gasteiger partial charge >= 0.3 is 0 Å². The van der Waals surface area contributed by atoms with Crippen LogP contribution in [0.3, 0.4) is 0 Å². The van der Waals surface area contributed by atoms with Crippen molar-refractivity contribution in [2.45, 2.75) is 0 Å². The maximum Gasteiger partial charge on any atom is 0.127 e. The van der Waals surface area contributed by atoms with E-state index < -0.39 is 0 Å². The molecule has 0 fully saturated rings. The van der Waals surface area contributed by atoms with E-state index in [-0.39, 0.29) is 5.82 Å². The first kappa shape index (κ1) is 9.12. The van der Waals surface area contributed by atoms with Gasteiger partial charge in [0.25, 0.3) is 0 Å². The van der Waals surface area contributed by atoms with Crippen molar-refractivity contribution in [3.8, 4) is 0 Å². The summed E-state index contributed by atoms with van der Waals surface area (Å²) in [4.78, 5) is 4.06. The summed E-state index contributed by atoms with van der Waals surface area (Å²) < 4.78 is 0. The first-order chi connectivity index (χ1) is 6.18. The largest absolute Gasteiger partial charge is 0.386 e. The lowest BCUT2D eigenvalue weighted by Crippen LogP contribution is -2.15. The van der Waals surface area contributed by atoms with Crippen molar-refractivity contribution in [2.75, 3.05) is 0 Å². The van der Waals surface area contributed by atoms with Gasteiger partial charge in [-0.3, -0.25) is 0 Å². The average molecular weight is 176 g/mol. The van der Waals surface area contributed by atoms with Crippen LogP contribution in [0.25, 0.3) is 0 Å². The first-order valence-corrected chi connectivity index (χ1v) is 3.80. The summed E-state index contributed by atoms with van der Waals surface area (Å²) in [6, 6.07) is 9.34. The molecule has 4 nitrogen and oxygen atoms in total. The number of benzene rings is 1. The highest BCUT2D eigenvalue weighted by atomic mass is 14.9. The molecule has 0 bridgehead atoms. The van der Waals surface area contributed by atoms with E-state index in [0.29, 0.717) is 5.84 Å². The number of nitrogens with zero attached hydrogens (tertiary/aromatic N) is 1. The van der Waals surface area contributed by atoms with Crippen LogP contribution in [-0.4, -0.2) is 5.84 Å². The minimum Gasteiger partial charge on any atom is -0.386 e. The maximum absolute atomic E-state index is 5.52. The van der Waals surface area contributed by atoms with Crippen molar-refractivity contribution in [1.82, 2.24) is 0 Å². The summed E-state index contributed by atoms with van der Waals surface area (Å²) in [7, 11) is 0. The van der Waals surface area contributed by atoms with Crippen LogP contribution >= 0.6 is 0 Å². The topological polar surface area (TPSA) is 90.4 Å². The molecule has 13 heavy (non-hydrogen) atoms. The number of nitrogens with two attached hydrogens (primary N) is 3. The normalized spacial score (nSPS) is 10.9. The Morgan fingerprint density at radius 1 is 1.08 bits per heavy atom. The minimum atomic E-state index is 0.150. The van der Waals surface area contributed by atoms with E-state index in [1.54, 1.807) is 0 Å². The van der Waals surface area contributed by atoms with Gasteiger partial charge in [0.05, 0.1) is 11.5 Å². The van der Waals surface area contributed by atoms with E-state index >= 15 is 0 Å². The number of hydrogen-bond acceptors (Lipinski definition) is 3. The lowest BCUT2D eigenvalue weighted by Gasteiger charge is -1.95. The van der Waals surface area contributed by atoms with Gasteiger partial charge in [-0.2, -0.15) is 0 Å². The Balaban J connectivity index is 2.83. The third-order valence-corrected chi connectivity index (χ3v) is 1.33. The van der Waals surface area contributed by atoms with Gasteiger partial charge in [0.2, 0.25) is 0 Å². The predicted molar refractivity (Wildman–Crippen MR) is 54.2 cm³/mol. The molecule has 0 aromatic heterocycles. The van der Waals surface area contributed by atoms with Crippen molar-refractivity contribution in [3.63, 3.8) is 0 Å². The number of para-hydroxylation sites is 1. The Bertz CT molecular complexity index is 323. The molecule has 0 aliphatic carbocycles. The monoisotopic (exact) mass is 176 g/mol. The molecule has 0 amide bonds. The van der Waals surface area contributed by atoms with Crippen LogP contribution in [-0.2, 0) is 0 Å². The molecule has 0 aliphatic heterocycles. The van der Waals surface area contributed by atoms with Crippen LogP contribution in [0.2, 0.25) is 0 Å². The van der Waals surface area contributed by atoms with Crippen molar-refractivity contribution in [2.24, 2.45) is 22.2 Å². The van der Waals surface area contributed by atoms with Gasteiger partial charge < -0.3 is 17.2 Å². The predicted octanol–water partition coefficient (Wildman–Crippen LogP) is 0.434. The summed E-state index contributed by atoms with van der Waals surface area (Å²) in [5.74, 6) is 0.448. The second-order valence-electron chi connectivity index (χ2n) is 2.52. The third kappa shape index (κ3) is 3.29. The fraction of sp³-hybridized carbons (Fsp3) is 0. The summed E-state index contributed by atoms with van der Waals surface area (Å²) in [6.45, 7) is 0. The van der Waals surface area contributed by atoms with Crippen molar-refractivity contribution < 1.29 is 0 Å². The Morgan fingerprint density at radius 2 is 1.69 bits per heavy atom. The van der Waals surface area contributed by atoms with E-state index in [2.05, 4.69) is 4.99 Å². The van der Waals surface area contributed by atoms with Crippen LogP contribution in [0, 0.1) is 0 Å². The number of aliphatic imine (C=N–C) groups is 1. The van der Waals surface area contributed by atoms with Gasteiger partial charge in [-0.1, -0.05) is 18.2 Å². The highest BCUT2D eigenvalue weighted by Crippen LogP contribution is 2.09. The van der Waals surface area contributed by atoms with E-state index in [4.69, 9.17) is 17.2 Å². The number of hydrogen-bond donors (Lipinski definition) is 3. The van der Waals surface area contributed by atoms with Crippen LogP contribution in [0.5, 0.6) is 0 Å².